The molecule has 1 saturated heterocycles. The van der Waals surface area contributed by atoms with E-state index < -0.39 is 5.79 Å². The first kappa shape index (κ1) is 18.7. The molecule has 2 aliphatic rings. The molecule has 0 spiro atoms. The maximum atomic E-state index is 13.3. The number of anilines is 1. The van der Waals surface area contributed by atoms with E-state index in [4.69, 9.17) is 9.47 Å². The molecule has 1 fully saturated rings. The molecule has 2 atom stereocenters. The molecule has 4 rings (SSSR count). The van der Waals surface area contributed by atoms with Crippen molar-refractivity contribution >= 4 is 17.7 Å². The lowest BCUT2D eigenvalue weighted by Gasteiger charge is -2.39. The van der Waals surface area contributed by atoms with Crippen LogP contribution >= 0.6 is 0 Å². The van der Waals surface area contributed by atoms with E-state index in [1.807, 2.05) is 61.2 Å². The van der Waals surface area contributed by atoms with Crippen LogP contribution in [-0.2, 0) is 9.47 Å². The molecule has 0 bridgehead atoms. The van der Waals surface area contributed by atoms with Gasteiger partial charge in [-0.15, -0.1) is 0 Å². The Morgan fingerprint density at radius 3 is 2.61 bits per heavy atom. The van der Waals surface area contributed by atoms with Gasteiger partial charge in [-0.3, -0.25) is 4.79 Å². The Morgan fingerprint density at radius 2 is 1.89 bits per heavy atom. The summed E-state index contributed by atoms with van der Waals surface area (Å²) in [5, 5.41) is 3.53. The molecule has 5 nitrogen and oxygen atoms in total. The second kappa shape index (κ2) is 7.41. The minimum atomic E-state index is -0.612. The number of fused-ring (bicyclic) bond motifs is 1. The maximum Gasteiger partial charge on any atom is 0.257 e. The number of rotatable bonds is 4. The van der Waals surface area contributed by atoms with Crippen LogP contribution in [0.25, 0.3) is 6.08 Å². The molecule has 2 heterocycles. The van der Waals surface area contributed by atoms with Gasteiger partial charge in [0.1, 0.15) is 12.3 Å². The molecule has 0 radical (unpaired) electrons. The van der Waals surface area contributed by atoms with Crippen LogP contribution in [0.5, 0.6) is 0 Å². The van der Waals surface area contributed by atoms with Crippen LogP contribution in [0.2, 0.25) is 0 Å². The first-order valence-electron chi connectivity index (χ1n) is 9.64. The SMILES string of the molecule is C/C(=C\c1ccccc1)C1Nc2ccccc2C(=O)N1CC1COC(C)(C)O1. The lowest BCUT2D eigenvalue weighted by molar-refractivity contribution is -0.140. The van der Waals surface area contributed by atoms with Crippen LogP contribution in [-0.4, -0.2) is 42.0 Å². The number of carbonyl (C=O) groups excluding carboxylic acids is 1. The standard InChI is InChI=1S/C23H26N2O3/c1-16(13-17-9-5-4-6-10-17)21-24-20-12-8-7-11-19(20)22(26)25(21)14-18-15-27-23(2,3)28-18/h4-13,18,21,24H,14-15H2,1-3H3/b16-13+. The number of amides is 1. The van der Waals surface area contributed by atoms with Crippen molar-refractivity contribution in [1.82, 2.24) is 4.90 Å². The predicted octanol–water partition coefficient (Wildman–Crippen LogP) is 4.14. The van der Waals surface area contributed by atoms with Crippen LogP contribution in [0, 0.1) is 0 Å². The largest absolute Gasteiger partial charge is 0.361 e. The van der Waals surface area contributed by atoms with E-state index in [0.717, 1.165) is 16.8 Å². The summed E-state index contributed by atoms with van der Waals surface area (Å²) in [7, 11) is 0. The zero-order valence-electron chi connectivity index (χ0n) is 16.5. The summed E-state index contributed by atoms with van der Waals surface area (Å²) < 4.78 is 11.7. The Labute approximate surface area is 165 Å². The lowest BCUT2D eigenvalue weighted by Crippen LogP contribution is -2.52. The molecule has 0 aliphatic carbocycles. The number of hydrogen-bond acceptors (Lipinski definition) is 4. The molecule has 1 N–H and O–H groups in total. The first-order chi connectivity index (χ1) is 13.4. The molecule has 28 heavy (non-hydrogen) atoms. The molecule has 2 aliphatic heterocycles. The number of para-hydroxylation sites is 1. The zero-order chi connectivity index (χ0) is 19.7. The number of ether oxygens (including phenoxy) is 2. The molecule has 5 heteroatoms. The first-order valence-corrected chi connectivity index (χ1v) is 9.64. The molecular formula is C23H26N2O3. The Morgan fingerprint density at radius 1 is 1.18 bits per heavy atom. The fraction of sp³-hybridized carbons (Fsp3) is 0.348. The minimum absolute atomic E-state index is 0.00784. The average molecular weight is 378 g/mol. The van der Waals surface area contributed by atoms with Crippen LogP contribution in [0.1, 0.15) is 36.7 Å². The third-order valence-electron chi connectivity index (χ3n) is 5.12. The van der Waals surface area contributed by atoms with Crippen molar-refractivity contribution in [3.8, 4) is 0 Å². The molecule has 0 saturated carbocycles. The minimum Gasteiger partial charge on any atom is -0.361 e. The van der Waals surface area contributed by atoms with Gasteiger partial charge >= 0.3 is 0 Å². The van der Waals surface area contributed by atoms with Crippen LogP contribution < -0.4 is 5.32 Å². The topological polar surface area (TPSA) is 50.8 Å². The summed E-state index contributed by atoms with van der Waals surface area (Å²) in [6.07, 6.45) is 1.72. The van der Waals surface area contributed by atoms with Gasteiger partial charge < -0.3 is 19.7 Å². The monoisotopic (exact) mass is 378 g/mol. The third kappa shape index (κ3) is 3.81. The number of benzene rings is 2. The summed E-state index contributed by atoms with van der Waals surface area (Å²) in [6, 6.07) is 17.8. The Kier molecular flexibility index (Phi) is 4.96. The highest BCUT2D eigenvalue weighted by Crippen LogP contribution is 2.31. The fourth-order valence-corrected chi connectivity index (χ4v) is 3.80. The third-order valence-corrected chi connectivity index (χ3v) is 5.12. The summed E-state index contributed by atoms with van der Waals surface area (Å²) in [4.78, 5) is 15.1. The van der Waals surface area contributed by atoms with E-state index in [-0.39, 0.29) is 18.2 Å². The van der Waals surface area contributed by atoms with Gasteiger partial charge in [-0.1, -0.05) is 48.5 Å². The van der Waals surface area contributed by atoms with Crippen molar-refractivity contribution in [3.63, 3.8) is 0 Å². The Hall–Kier alpha value is -2.63. The van der Waals surface area contributed by atoms with Crippen molar-refractivity contribution in [2.75, 3.05) is 18.5 Å². The highest BCUT2D eigenvalue weighted by molar-refractivity contribution is 6.02. The molecule has 2 aromatic carbocycles. The van der Waals surface area contributed by atoms with Gasteiger partial charge in [-0.25, -0.2) is 0 Å². The van der Waals surface area contributed by atoms with Gasteiger partial charge in [0.15, 0.2) is 5.79 Å². The number of carbonyl (C=O) groups is 1. The normalized spacial score (nSPS) is 24.0. The molecule has 2 unspecified atom stereocenters. The molecule has 0 aromatic heterocycles. The maximum absolute atomic E-state index is 13.3. The summed E-state index contributed by atoms with van der Waals surface area (Å²) in [5.74, 6) is -0.604. The molecule has 1 amide bonds. The number of nitrogens with one attached hydrogen (secondary N) is 1. The van der Waals surface area contributed by atoms with E-state index in [1.54, 1.807) is 0 Å². The lowest BCUT2D eigenvalue weighted by atomic mass is 10.0. The summed E-state index contributed by atoms with van der Waals surface area (Å²) in [5.41, 5.74) is 3.71. The molecule has 146 valence electrons. The van der Waals surface area contributed by atoms with Crippen LogP contribution in [0.15, 0.2) is 60.2 Å². The second-order valence-corrected chi connectivity index (χ2v) is 7.80. The van der Waals surface area contributed by atoms with Gasteiger partial charge in [0, 0.05) is 5.69 Å². The van der Waals surface area contributed by atoms with E-state index in [0.29, 0.717) is 18.7 Å². The van der Waals surface area contributed by atoms with Crippen molar-refractivity contribution in [1.29, 1.82) is 0 Å². The fourth-order valence-electron chi connectivity index (χ4n) is 3.80. The van der Waals surface area contributed by atoms with E-state index in [2.05, 4.69) is 30.4 Å². The van der Waals surface area contributed by atoms with Gasteiger partial charge in [0.25, 0.3) is 5.91 Å². The summed E-state index contributed by atoms with van der Waals surface area (Å²) in [6.45, 7) is 6.79. The van der Waals surface area contributed by atoms with Crippen LogP contribution in [0.4, 0.5) is 5.69 Å². The van der Waals surface area contributed by atoms with Gasteiger partial charge in [0.2, 0.25) is 0 Å². The highest BCUT2D eigenvalue weighted by Gasteiger charge is 2.39. The number of nitrogens with zero attached hydrogens (tertiary/aromatic N) is 1. The van der Waals surface area contributed by atoms with Gasteiger partial charge in [-0.2, -0.15) is 0 Å². The van der Waals surface area contributed by atoms with Crippen LogP contribution in [0.3, 0.4) is 0 Å². The Bertz CT molecular complexity index is 892. The predicted molar refractivity (Wildman–Crippen MR) is 110 cm³/mol. The smallest absolute Gasteiger partial charge is 0.257 e. The summed E-state index contributed by atoms with van der Waals surface area (Å²) >= 11 is 0. The van der Waals surface area contributed by atoms with E-state index >= 15 is 0 Å². The van der Waals surface area contributed by atoms with Gasteiger partial charge in [-0.05, 0) is 44.0 Å². The average Bonchev–Trinajstić information content (AvgIpc) is 3.03. The Balaban J connectivity index is 1.65. The van der Waals surface area contributed by atoms with Crippen molar-refractivity contribution in [2.24, 2.45) is 0 Å². The second-order valence-electron chi connectivity index (χ2n) is 7.80. The van der Waals surface area contributed by atoms with Gasteiger partial charge in [0.05, 0.1) is 18.7 Å². The highest BCUT2D eigenvalue weighted by atomic mass is 16.7. The van der Waals surface area contributed by atoms with Crippen molar-refractivity contribution in [3.05, 3.63) is 71.3 Å². The number of hydrogen-bond donors (Lipinski definition) is 1. The van der Waals surface area contributed by atoms with E-state index in [1.165, 1.54) is 0 Å². The molecule has 2 aromatic rings. The van der Waals surface area contributed by atoms with Crippen molar-refractivity contribution in [2.45, 2.75) is 38.8 Å². The molecular weight excluding hydrogens is 352 g/mol. The zero-order valence-corrected chi connectivity index (χ0v) is 16.5. The van der Waals surface area contributed by atoms with E-state index in [9.17, 15) is 4.79 Å². The van der Waals surface area contributed by atoms with Crippen molar-refractivity contribution < 1.29 is 14.3 Å². The quantitative estimate of drug-likeness (QED) is 0.869.